The van der Waals surface area contributed by atoms with Crippen molar-refractivity contribution in [1.82, 2.24) is 5.32 Å². The number of rotatable bonds is 6. The second kappa shape index (κ2) is 4.86. The Morgan fingerprint density at radius 2 is 1.93 bits per heavy atom. The minimum absolute atomic E-state index is 0.712. The third-order valence-corrected chi connectivity index (χ3v) is 4.69. The van der Waals surface area contributed by atoms with Crippen LogP contribution in [0.25, 0.3) is 0 Å². The van der Waals surface area contributed by atoms with Crippen LogP contribution in [-0.4, -0.2) is 12.6 Å². The van der Waals surface area contributed by atoms with E-state index in [-0.39, 0.29) is 0 Å². The molecular formula is C14H27N. The standard InChI is InChI=1S/C14H27N/c1-3-14(8-9-14)11-15-12(2)10-13-6-4-5-7-13/h12-13,15H,3-11H2,1-2H3. The van der Waals surface area contributed by atoms with Gasteiger partial charge < -0.3 is 5.32 Å². The average Bonchev–Trinajstić information content (AvgIpc) is 2.86. The first-order chi connectivity index (χ1) is 7.24. The quantitative estimate of drug-likeness (QED) is 0.703. The molecule has 0 aliphatic heterocycles. The smallest absolute Gasteiger partial charge is 0.00415 e. The summed E-state index contributed by atoms with van der Waals surface area (Å²) in [4.78, 5) is 0. The second-order valence-corrected chi connectivity index (χ2v) is 6.02. The van der Waals surface area contributed by atoms with Crippen molar-refractivity contribution in [3.05, 3.63) is 0 Å². The Kier molecular flexibility index (Phi) is 3.71. The molecular weight excluding hydrogens is 182 g/mol. The fourth-order valence-electron chi connectivity index (χ4n) is 3.05. The molecule has 2 fully saturated rings. The molecule has 1 heteroatoms. The van der Waals surface area contributed by atoms with Gasteiger partial charge in [-0.2, -0.15) is 0 Å². The molecule has 2 saturated carbocycles. The molecule has 1 unspecified atom stereocenters. The molecule has 15 heavy (non-hydrogen) atoms. The Hall–Kier alpha value is -0.0400. The molecule has 2 aliphatic rings. The largest absolute Gasteiger partial charge is 0.314 e. The van der Waals surface area contributed by atoms with Crippen LogP contribution in [0.4, 0.5) is 0 Å². The van der Waals surface area contributed by atoms with Crippen molar-refractivity contribution in [3.8, 4) is 0 Å². The molecule has 1 nitrogen and oxygen atoms in total. The lowest BCUT2D eigenvalue weighted by Crippen LogP contribution is -2.33. The summed E-state index contributed by atoms with van der Waals surface area (Å²) in [6, 6.07) is 0.747. The lowest BCUT2D eigenvalue weighted by Gasteiger charge is -2.21. The van der Waals surface area contributed by atoms with Crippen molar-refractivity contribution in [2.45, 2.75) is 71.3 Å². The Bertz CT molecular complexity index is 190. The molecule has 0 aromatic rings. The van der Waals surface area contributed by atoms with E-state index in [4.69, 9.17) is 0 Å². The van der Waals surface area contributed by atoms with Crippen molar-refractivity contribution >= 4 is 0 Å². The molecule has 2 aliphatic carbocycles. The van der Waals surface area contributed by atoms with Gasteiger partial charge in [-0.05, 0) is 43.9 Å². The van der Waals surface area contributed by atoms with Gasteiger partial charge in [0.1, 0.15) is 0 Å². The highest BCUT2D eigenvalue weighted by Gasteiger charge is 2.40. The van der Waals surface area contributed by atoms with Gasteiger partial charge >= 0.3 is 0 Å². The summed E-state index contributed by atoms with van der Waals surface area (Å²) in [5.41, 5.74) is 0.712. The van der Waals surface area contributed by atoms with Crippen LogP contribution >= 0.6 is 0 Å². The van der Waals surface area contributed by atoms with Crippen LogP contribution in [0.3, 0.4) is 0 Å². The van der Waals surface area contributed by atoms with Gasteiger partial charge in [-0.1, -0.05) is 32.6 Å². The molecule has 0 radical (unpaired) electrons. The van der Waals surface area contributed by atoms with E-state index < -0.39 is 0 Å². The minimum atomic E-state index is 0.712. The third kappa shape index (κ3) is 3.21. The number of nitrogens with one attached hydrogen (secondary N) is 1. The summed E-state index contributed by atoms with van der Waals surface area (Å²) in [5, 5.41) is 3.76. The zero-order valence-electron chi connectivity index (χ0n) is 10.5. The minimum Gasteiger partial charge on any atom is -0.314 e. The van der Waals surface area contributed by atoms with E-state index in [1.807, 2.05) is 0 Å². The van der Waals surface area contributed by atoms with E-state index in [2.05, 4.69) is 19.2 Å². The maximum absolute atomic E-state index is 3.76. The summed E-state index contributed by atoms with van der Waals surface area (Å²) in [6.07, 6.45) is 11.7. The van der Waals surface area contributed by atoms with Crippen molar-refractivity contribution in [1.29, 1.82) is 0 Å². The SMILES string of the molecule is CCC1(CNC(C)CC2CCCC2)CC1. The fraction of sp³-hybridized carbons (Fsp3) is 1.00. The summed E-state index contributed by atoms with van der Waals surface area (Å²) in [5.74, 6) is 1.03. The lowest BCUT2D eigenvalue weighted by molar-refractivity contribution is 0.360. The van der Waals surface area contributed by atoms with E-state index >= 15 is 0 Å². The van der Waals surface area contributed by atoms with Gasteiger partial charge in [-0.25, -0.2) is 0 Å². The van der Waals surface area contributed by atoms with Crippen molar-refractivity contribution < 1.29 is 0 Å². The van der Waals surface area contributed by atoms with E-state index in [1.54, 1.807) is 0 Å². The van der Waals surface area contributed by atoms with Gasteiger partial charge in [0.05, 0.1) is 0 Å². The maximum atomic E-state index is 3.76. The normalized spacial score (nSPS) is 26.8. The Morgan fingerprint density at radius 1 is 1.27 bits per heavy atom. The lowest BCUT2D eigenvalue weighted by atomic mass is 9.98. The first kappa shape index (κ1) is 11.4. The van der Waals surface area contributed by atoms with E-state index in [0.717, 1.165) is 12.0 Å². The third-order valence-electron chi connectivity index (χ3n) is 4.69. The summed E-state index contributed by atoms with van der Waals surface area (Å²) in [7, 11) is 0. The van der Waals surface area contributed by atoms with Crippen LogP contribution in [0, 0.1) is 11.3 Å². The van der Waals surface area contributed by atoms with Crippen LogP contribution in [-0.2, 0) is 0 Å². The molecule has 0 aromatic carbocycles. The summed E-state index contributed by atoms with van der Waals surface area (Å²) >= 11 is 0. The highest BCUT2D eigenvalue weighted by atomic mass is 14.9. The molecule has 0 spiro atoms. The van der Waals surface area contributed by atoms with Gasteiger partial charge in [0.15, 0.2) is 0 Å². The first-order valence-electron chi connectivity index (χ1n) is 6.97. The van der Waals surface area contributed by atoms with E-state index in [9.17, 15) is 0 Å². The van der Waals surface area contributed by atoms with Crippen molar-refractivity contribution in [3.63, 3.8) is 0 Å². The zero-order valence-corrected chi connectivity index (χ0v) is 10.5. The number of hydrogen-bond donors (Lipinski definition) is 1. The highest BCUT2D eigenvalue weighted by Crippen LogP contribution is 2.48. The predicted molar refractivity (Wildman–Crippen MR) is 66.0 cm³/mol. The molecule has 88 valence electrons. The highest BCUT2D eigenvalue weighted by molar-refractivity contribution is 4.94. The molecule has 0 saturated heterocycles. The monoisotopic (exact) mass is 209 g/mol. The molecule has 0 aromatic heterocycles. The Morgan fingerprint density at radius 3 is 2.47 bits per heavy atom. The van der Waals surface area contributed by atoms with Gasteiger partial charge in [-0.3, -0.25) is 0 Å². The molecule has 2 rings (SSSR count). The zero-order chi connectivity index (χ0) is 10.7. The maximum Gasteiger partial charge on any atom is 0.00415 e. The molecule has 0 heterocycles. The fourth-order valence-corrected chi connectivity index (χ4v) is 3.05. The van der Waals surface area contributed by atoms with Crippen molar-refractivity contribution in [2.75, 3.05) is 6.54 Å². The van der Waals surface area contributed by atoms with E-state index in [1.165, 1.54) is 57.9 Å². The van der Waals surface area contributed by atoms with Crippen LogP contribution < -0.4 is 5.32 Å². The van der Waals surface area contributed by atoms with Gasteiger partial charge in [0.2, 0.25) is 0 Å². The van der Waals surface area contributed by atoms with E-state index in [0.29, 0.717) is 5.41 Å². The topological polar surface area (TPSA) is 12.0 Å². The van der Waals surface area contributed by atoms with Crippen molar-refractivity contribution in [2.24, 2.45) is 11.3 Å². The second-order valence-electron chi connectivity index (χ2n) is 6.02. The Balaban J connectivity index is 1.61. The van der Waals surface area contributed by atoms with Crippen LogP contribution in [0.5, 0.6) is 0 Å². The summed E-state index contributed by atoms with van der Waals surface area (Å²) < 4.78 is 0. The van der Waals surface area contributed by atoms with Gasteiger partial charge in [0.25, 0.3) is 0 Å². The van der Waals surface area contributed by atoms with Crippen LogP contribution in [0.15, 0.2) is 0 Å². The predicted octanol–water partition coefficient (Wildman–Crippen LogP) is 3.74. The number of hydrogen-bond acceptors (Lipinski definition) is 1. The van der Waals surface area contributed by atoms with Crippen LogP contribution in [0.1, 0.15) is 65.2 Å². The average molecular weight is 209 g/mol. The van der Waals surface area contributed by atoms with Gasteiger partial charge in [-0.15, -0.1) is 0 Å². The Labute approximate surface area is 95.0 Å². The van der Waals surface area contributed by atoms with Crippen LogP contribution in [0.2, 0.25) is 0 Å². The van der Waals surface area contributed by atoms with Gasteiger partial charge in [0, 0.05) is 12.6 Å². The molecule has 1 N–H and O–H groups in total. The molecule has 0 bridgehead atoms. The first-order valence-corrected chi connectivity index (χ1v) is 6.97. The molecule has 0 amide bonds. The molecule has 1 atom stereocenters. The summed E-state index contributed by atoms with van der Waals surface area (Å²) in [6.45, 7) is 6.00.